The second-order valence-electron chi connectivity index (χ2n) is 11.4. The highest BCUT2D eigenvalue weighted by molar-refractivity contribution is 6.35. The van der Waals surface area contributed by atoms with Gasteiger partial charge in [0.2, 0.25) is 0 Å². The van der Waals surface area contributed by atoms with Crippen molar-refractivity contribution >= 4 is 29.4 Å². The fraction of sp³-hybridized carbons (Fsp3) is 0.519. The van der Waals surface area contributed by atoms with Gasteiger partial charge in [0, 0.05) is 32.6 Å². The molecule has 0 bridgehead atoms. The topological polar surface area (TPSA) is 95.4 Å². The van der Waals surface area contributed by atoms with Crippen LogP contribution in [0.5, 0.6) is 11.5 Å². The van der Waals surface area contributed by atoms with Crippen molar-refractivity contribution in [3.63, 3.8) is 0 Å². The van der Waals surface area contributed by atoms with Crippen LogP contribution in [0.1, 0.15) is 50.4 Å². The molecule has 4 heterocycles. The number of aromatic nitrogens is 1. The highest BCUT2D eigenvalue weighted by Crippen LogP contribution is 2.55. The smallest absolute Gasteiger partial charge is 0.410 e. The highest BCUT2D eigenvalue weighted by Gasteiger charge is 2.67. The minimum atomic E-state index is -0.711. The summed E-state index contributed by atoms with van der Waals surface area (Å²) in [5.74, 6) is -0.744. The van der Waals surface area contributed by atoms with E-state index in [1.807, 2.05) is 25.7 Å². The van der Waals surface area contributed by atoms with E-state index in [9.17, 15) is 19.1 Å². The summed E-state index contributed by atoms with van der Waals surface area (Å²) < 4.78 is 26.9. The number of pyridine rings is 1. The number of phenolic OH excluding ortho intramolecular Hbond substituents is 1. The van der Waals surface area contributed by atoms with Gasteiger partial charge in [-0.05, 0) is 45.7 Å². The molecule has 3 aliphatic heterocycles. The Labute approximate surface area is 225 Å². The lowest BCUT2D eigenvalue weighted by atomic mass is 10.0. The van der Waals surface area contributed by atoms with Gasteiger partial charge < -0.3 is 29.3 Å². The average molecular weight is 545 g/mol. The van der Waals surface area contributed by atoms with E-state index in [1.54, 1.807) is 9.80 Å². The molecule has 2 atom stereocenters. The third-order valence-corrected chi connectivity index (χ3v) is 8.00. The number of carbonyl (C=O) groups excluding carboxylic acids is 2. The molecule has 1 aliphatic carbocycles. The zero-order valence-electron chi connectivity index (χ0n) is 21.6. The number of piperazine rings is 1. The number of ether oxygens (including phenoxy) is 2. The quantitative estimate of drug-likeness (QED) is 0.597. The van der Waals surface area contributed by atoms with Crippen molar-refractivity contribution in [2.75, 3.05) is 37.6 Å². The average Bonchev–Trinajstić information content (AvgIpc) is 3.24. The first kappa shape index (κ1) is 25.0. The number of amides is 2. The largest absolute Gasteiger partial charge is 0.507 e. The maximum Gasteiger partial charge on any atom is 0.410 e. The highest BCUT2D eigenvalue weighted by atomic mass is 35.5. The third-order valence-electron chi connectivity index (χ3n) is 7.65. The molecule has 2 saturated heterocycles. The van der Waals surface area contributed by atoms with E-state index in [2.05, 4.69) is 0 Å². The van der Waals surface area contributed by atoms with Crippen molar-refractivity contribution in [2.45, 2.75) is 57.3 Å². The van der Waals surface area contributed by atoms with Crippen molar-refractivity contribution < 1.29 is 28.6 Å². The predicted molar refractivity (Wildman–Crippen MR) is 138 cm³/mol. The SMILES string of the molecule is CC(C)(C)OC(=O)N1CCN2C(=O)c3c(N4CCCC4)nc(-c4c(O)cccc4F)c(Cl)c3O[C@H]3CC32C1. The van der Waals surface area contributed by atoms with E-state index >= 15 is 0 Å². The minimum absolute atomic E-state index is 0.0254. The molecule has 2 amide bonds. The molecule has 202 valence electrons. The number of aromatic hydroxyl groups is 1. The van der Waals surface area contributed by atoms with Crippen molar-refractivity contribution in [1.82, 2.24) is 14.8 Å². The Morgan fingerprint density at radius 2 is 1.95 bits per heavy atom. The lowest BCUT2D eigenvalue weighted by Crippen LogP contribution is -2.60. The Hall–Kier alpha value is -3.27. The number of hydrogen-bond donors (Lipinski definition) is 1. The Balaban J connectivity index is 1.44. The number of anilines is 1. The van der Waals surface area contributed by atoms with Crippen LogP contribution in [0.15, 0.2) is 18.2 Å². The predicted octanol–water partition coefficient (Wildman–Crippen LogP) is 4.44. The number of phenols is 1. The molecule has 1 unspecified atom stereocenters. The van der Waals surface area contributed by atoms with Gasteiger partial charge in [0.1, 0.15) is 50.9 Å². The van der Waals surface area contributed by atoms with Gasteiger partial charge in [-0.25, -0.2) is 14.2 Å². The lowest BCUT2D eigenvalue weighted by Gasteiger charge is -2.41. The Bertz CT molecular complexity index is 1320. The van der Waals surface area contributed by atoms with Crippen molar-refractivity contribution in [3.05, 3.63) is 34.6 Å². The summed E-state index contributed by atoms with van der Waals surface area (Å²) in [5, 5.41) is 10.5. The lowest BCUT2D eigenvalue weighted by molar-refractivity contribution is -0.00309. The molecule has 38 heavy (non-hydrogen) atoms. The van der Waals surface area contributed by atoms with Crippen LogP contribution in [0.25, 0.3) is 11.3 Å². The van der Waals surface area contributed by atoms with Gasteiger partial charge in [-0.15, -0.1) is 0 Å². The number of benzene rings is 1. The summed E-state index contributed by atoms with van der Waals surface area (Å²) in [6, 6.07) is 3.99. The third kappa shape index (κ3) is 3.92. The molecule has 1 N–H and O–H groups in total. The summed E-state index contributed by atoms with van der Waals surface area (Å²) in [6.45, 7) is 7.71. The van der Waals surface area contributed by atoms with Crippen LogP contribution in [0.4, 0.5) is 15.0 Å². The number of hydrogen-bond acceptors (Lipinski definition) is 7. The Morgan fingerprint density at radius 3 is 2.63 bits per heavy atom. The number of carbonyl (C=O) groups is 2. The first-order valence-electron chi connectivity index (χ1n) is 12.9. The molecule has 9 nitrogen and oxygen atoms in total. The van der Waals surface area contributed by atoms with E-state index in [4.69, 9.17) is 26.1 Å². The molecule has 1 saturated carbocycles. The van der Waals surface area contributed by atoms with Crippen molar-refractivity contribution in [2.24, 2.45) is 0 Å². The van der Waals surface area contributed by atoms with Gasteiger partial charge in [0.05, 0.1) is 12.1 Å². The Kier molecular flexibility index (Phi) is 5.68. The number of nitrogens with zero attached hydrogens (tertiary/aromatic N) is 4. The molecule has 0 radical (unpaired) electrons. The maximum absolute atomic E-state index is 14.9. The van der Waals surface area contributed by atoms with Gasteiger partial charge in [-0.1, -0.05) is 17.7 Å². The van der Waals surface area contributed by atoms with Crippen LogP contribution in [0, 0.1) is 5.82 Å². The number of halogens is 2. The second kappa shape index (κ2) is 8.62. The normalized spacial score (nSPS) is 24.3. The molecule has 11 heteroatoms. The summed E-state index contributed by atoms with van der Waals surface area (Å²) >= 11 is 6.81. The fourth-order valence-corrected chi connectivity index (χ4v) is 6.04. The standard InChI is InChI=1S/C27H30ClFN4O5/c1-26(2,3)38-25(36)32-11-12-33-24(35)19-22(37-17-13-27(17,33)14-32)20(28)21(18-15(29)7-6-8-16(18)34)30-23(19)31-9-4-5-10-31/h6-8,17,34H,4-5,9-14H2,1-3H3/t17-,27?/m0/s1. The molecular formula is C27H30ClFN4O5. The first-order valence-corrected chi connectivity index (χ1v) is 13.3. The number of fused-ring (bicyclic) bond motifs is 1. The molecule has 6 rings (SSSR count). The zero-order chi connectivity index (χ0) is 27.0. The molecule has 1 aromatic carbocycles. The van der Waals surface area contributed by atoms with E-state index < -0.39 is 29.2 Å². The fourth-order valence-electron chi connectivity index (χ4n) is 5.77. The van der Waals surface area contributed by atoms with Gasteiger partial charge in [0.15, 0.2) is 5.75 Å². The second-order valence-corrected chi connectivity index (χ2v) is 11.8. The van der Waals surface area contributed by atoms with E-state index in [0.717, 1.165) is 12.8 Å². The first-order chi connectivity index (χ1) is 18.0. The van der Waals surface area contributed by atoms with E-state index in [1.165, 1.54) is 18.2 Å². The van der Waals surface area contributed by atoms with Crippen molar-refractivity contribution in [3.8, 4) is 22.8 Å². The molecule has 3 fully saturated rings. The monoisotopic (exact) mass is 544 g/mol. The summed E-state index contributed by atoms with van der Waals surface area (Å²) in [4.78, 5) is 37.1. The van der Waals surface area contributed by atoms with Crippen LogP contribution in [-0.4, -0.2) is 81.9 Å². The van der Waals surface area contributed by atoms with Crippen LogP contribution < -0.4 is 9.64 Å². The number of rotatable bonds is 2. The van der Waals surface area contributed by atoms with E-state index in [-0.39, 0.29) is 45.8 Å². The van der Waals surface area contributed by atoms with Crippen LogP contribution >= 0.6 is 11.6 Å². The van der Waals surface area contributed by atoms with Crippen LogP contribution in [0.2, 0.25) is 5.02 Å². The summed E-state index contributed by atoms with van der Waals surface area (Å²) in [6.07, 6.45) is 1.54. The Morgan fingerprint density at radius 1 is 1.21 bits per heavy atom. The summed E-state index contributed by atoms with van der Waals surface area (Å²) in [5.41, 5.74) is -1.22. The summed E-state index contributed by atoms with van der Waals surface area (Å²) in [7, 11) is 0. The minimum Gasteiger partial charge on any atom is -0.507 e. The molecule has 1 aromatic heterocycles. The van der Waals surface area contributed by atoms with Gasteiger partial charge in [-0.2, -0.15) is 0 Å². The maximum atomic E-state index is 14.9. The molecule has 4 aliphatic rings. The van der Waals surface area contributed by atoms with Gasteiger partial charge >= 0.3 is 6.09 Å². The van der Waals surface area contributed by atoms with Gasteiger partial charge in [0.25, 0.3) is 5.91 Å². The van der Waals surface area contributed by atoms with Gasteiger partial charge in [-0.3, -0.25) is 4.79 Å². The van der Waals surface area contributed by atoms with Crippen LogP contribution in [-0.2, 0) is 4.74 Å². The van der Waals surface area contributed by atoms with E-state index in [0.29, 0.717) is 38.4 Å². The van der Waals surface area contributed by atoms with Crippen molar-refractivity contribution in [1.29, 1.82) is 0 Å². The van der Waals surface area contributed by atoms with Crippen LogP contribution in [0.3, 0.4) is 0 Å². The molecule has 1 spiro atoms. The molecule has 2 aromatic rings. The zero-order valence-corrected chi connectivity index (χ0v) is 22.3. The molecular weight excluding hydrogens is 515 g/mol.